The zero-order chi connectivity index (χ0) is 21.8. The number of benzene rings is 3. The fourth-order valence-corrected chi connectivity index (χ4v) is 5.72. The maximum atomic E-state index is 13.5. The first-order chi connectivity index (χ1) is 15.7. The van der Waals surface area contributed by atoms with Crippen LogP contribution < -0.4 is 4.74 Å². The van der Waals surface area contributed by atoms with E-state index in [1.807, 2.05) is 55.5 Å². The van der Waals surface area contributed by atoms with Crippen LogP contribution in [0.3, 0.4) is 0 Å². The van der Waals surface area contributed by atoms with Gasteiger partial charge in [-0.15, -0.1) is 0 Å². The zero-order valence-corrected chi connectivity index (χ0v) is 17.6. The highest BCUT2D eigenvalue weighted by Gasteiger charge is 2.61. The van der Waals surface area contributed by atoms with E-state index in [-0.39, 0.29) is 23.7 Å². The van der Waals surface area contributed by atoms with Crippen molar-refractivity contribution in [3.8, 4) is 5.75 Å². The highest BCUT2D eigenvalue weighted by atomic mass is 16.5. The van der Waals surface area contributed by atoms with E-state index in [1.54, 1.807) is 6.21 Å². The SMILES string of the molecule is CCOc1ccc(/C=N\N2C(=O)[C@@H]3C4c5ccccc5C(c5ccccc54)[C@H]3C2=O)cc1. The molecule has 5 nitrogen and oxygen atoms in total. The molecule has 1 saturated heterocycles. The fourth-order valence-electron chi connectivity index (χ4n) is 5.72. The Kier molecular flexibility index (Phi) is 4.25. The largest absolute Gasteiger partial charge is 0.494 e. The van der Waals surface area contributed by atoms with Gasteiger partial charge < -0.3 is 4.74 Å². The lowest BCUT2D eigenvalue weighted by molar-refractivity contribution is -0.139. The molecular formula is C27H22N2O3. The molecule has 1 fully saturated rings. The van der Waals surface area contributed by atoms with Crippen molar-refractivity contribution in [2.75, 3.05) is 6.61 Å². The van der Waals surface area contributed by atoms with Gasteiger partial charge in [-0.25, -0.2) is 0 Å². The molecule has 0 saturated carbocycles. The van der Waals surface area contributed by atoms with Gasteiger partial charge in [0.1, 0.15) is 5.75 Å². The molecule has 7 rings (SSSR count). The van der Waals surface area contributed by atoms with Gasteiger partial charge >= 0.3 is 0 Å². The highest BCUT2D eigenvalue weighted by Crippen LogP contribution is 2.60. The molecule has 4 aliphatic rings. The maximum Gasteiger partial charge on any atom is 0.254 e. The monoisotopic (exact) mass is 422 g/mol. The molecule has 0 aromatic heterocycles. The summed E-state index contributed by atoms with van der Waals surface area (Å²) in [6.45, 7) is 2.53. The maximum absolute atomic E-state index is 13.5. The van der Waals surface area contributed by atoms with Crippen LogP contribution in [0.25, 0.3) is 0 Å². The minimum absolute atomic E-state index is 0.112. The van der Waals surface area contributed by atoms with Crippen LogP contribution in [-0.4, -0.2) is 29.6 Å². The van der Waals surface area contributed by atoms with Gasteiger partial charge in [-0.2, -0.15) is 10.1 Å². The molecule has 3 aromatic carbocycles. The summed E-state index contributed by atoms with van der Waals surface area (Å²) in [4.78, 5) is 27.0. The van der Waals surface area contributed by atoms with Gasteiger partial charge in [0.2, 0.25) is 0 Å². The van der Waals surface area contributed by atoms with Crippen molar-refractivity contribution in [1.82, 2.24) is 5.01 Å². The van der Waals surface area contributed by atoms with Crippen LogP contribution in [0.4, 0.5) is 0 Å². The zero-order valence-electron chi connectivity index (χ0n) is 17.6. The average molecular weight is 422 g/mol. The first-order valence-electron chi connectivity index (χ1n) is 11.0. The molecule has 0 radical (unpaired) electrons. The van der Waals surface area contributed by atoms with Crippen LogP contribution in [0, 0.1) is 11.8 Å². The molecule has 1 heterocycles. The molecule has 2 bridgehead atoms. The Morgan fingerprint density at radius 3 is 1.69 bits per heavy atom. The lowest BCUT2D eigenvalue weighted by Gasteiger charge is -2.45. The van der Waals surface area contributed by atoms with Gasteiger partial charge in [-0.3, -0.25) is 9.59 Å². The first kappa shape index (κ1) is 19.0. The second-order valence-corrected chi connectivity index (χ2v) is 8.50. The van der Waals surface area contributed by atoms with Crippen molar-refractivity contribution in [3.05, 3.63) is 101 Å². The third-order valence-corrected chi connectivity index (χ3v) is 6.94. The number of imide groups is 1. The van der Waals surface area contributed by atoms with E-state index < -0.39 is 11.8 Å². The molecule has 32 heavy (non-hydrogen) atoms. The van der Waals surface area contributed by atoms with Gasteiger partial charge in [0.15, 0.2) is 0 Å². The van der Waals surface area contributed by atoms with Crippen molar-refractivity contribution < 1.29 is 14.3 Å². The topological polar surface area (TPSA) is 59.0 Å². The number of hydrogen-bond acceptors (Lipinski definition) is 4. The van der Waals surface area contributed by atoms with E-state index >= 15 is 0 Å². The van der Waals surface area contributed by atoms with Crippen molar-refractivity contribution in [2.24, 2.45) is 16.9 Å². The second-order valence-electron chi connectivity index (χ2n) is 8.50. The molecule has 0 unspecified atom stereocenters. The molecule has 1 aliphatic heterocycles. The number of amides is 2. The van der Waals surface area contributed by atoms with Gasteiger partial charge in [0.05, 0.1) is 24.7 Å². The molecule has 0 N–H and O–H groups in total. The fraction of sp³-hybridized carbons (Fsp3) is 0.222. The highest BCUT2D eigenvalue weighted by molar-refractivity contribution is 6.08. The predicted molar refractivity (Wildman–Crippen MR) is 121 cm³/mol. The summed E-state index contributed by atoms with van der Waals surface area (Å²) in [5, 5.41) is 5.45. The summed E-state index contributed by atoms with van der Waals surface area (Å²) in [5.41, 5.74) is 5.46. The standard InChI is InChI=1S/C27H22N2O3/c1-2-32-17-13-11-16(12-14-17)15-28-29-26(30)24-22-18-7-3-4-8-19(18)23(25(24)27(29)31)21-10-6-5-9-20(21)22/h3-15,22-25H,2H2,1H3/b28-15-/t22?,23?,24-,25-/m1/s1. The van der Waals surface area contributed by atoms with Gasteiger partial charge in [0, 0.05) is 11.8 Å². The van der Waals surface area contributed by atoms with E-state index in [0.717, 1.165) is 38.6 Å². The van der Waals surface area contributed by atoms with E-state index in [2.05, 4.69) is 29.4 Å². The van der Waals surface area contributed by atoms with Crippen molar-refractivity contribution in [2.45, 2.75) is 18.8 Å². The summed E-state index contributed by atoms with van der Waals surface area (Å²) in [6, 6.07) is 23.9. The summed E-state index contributed by atoms with van der Waals surface area (Å²) >= 11 is 0. The van der Waals surface area contributed by atoms with Crippen molar-refractivity contribution in [3.63, 3.8) is 0 Å². The smallest absolute Gasteiger partial charge is 0.254 e. The lowest BCUT2D eigenvalue weighted by atomic mass is 9.55. The second kappa shape index (κ2) is 7.16. The summed E-state index contributed by atoms with van der Waals surface area (Å²) in [7, 11) is 0. The molecular weight excluding hydrogens is 400 g/mol. The van der Waals surface area contributed by atoms with E-state index in [0.29, 0.717) is 6.61 Å². The normalized spacial score (nSPS) is 25.1. The Morgan fingerprint density at radius 1 is 0.781 bits per heavy atom. The number of hydrogen-bond donors (Lipinski definition) is 0. The van der Waals surface area contributed by atoms with Crippen LogP contribution in [0.15, 0.2) is 77.9 Å². The lowest BCUT2D eigenvalue weighted by Crippen LogP contribution is -2.41. The van der Waals surface area contributed by atoms with Crippen LogP contribution in [0.2, 0.25) is 0 Å². The molecule has 2 amide bonds. The van der Waals surface area contributed by atoms with E-state index in [1.165, 1.54) is 0 Å². The number of hydrazone groups is 1. The first-order valence-corrected chi connectivity index (χ1v) is 11.0. The number of carbonyl (C=O) groups is 2. The summed E-state index contributed by atoms with van der Waals surface area (Å²) in [5.74, 6) is -0.679. The average Bonchev–Trinajstić information content (AvgIpc) is 3.09. The quantitative estimate of drug-likeness (QED) is 0.465. The van der Waals surface area contributed by atoms with Gasteiger partial charge in [-0.05, 0) is 59.0 Å². The Labute approximate surface area is 186 Å². The van der Waals surface area contributed by atoms with Crippen LogP contribution in [0.1, 0.15) is 46.6 Å². The molecule has 3 aliphatic carbocycles. The minimum atomic E-state index is -0.408. The molecule has 3 aromatic rings. The van der Waals surface area contributed by atoms with Crippen molar-refractivity contribution >= 4 is 18.0 Å². The molecule has 158 valence electrons. The van der Waals surface area contributed by atoms with Crippen LogP contribution in [0.5, 0.6) is 5.75 Å². The molecule has 0 spiro atoms. The number of ether oxygens (including phenoxy) is 1. The summed E-state index contributed by atoms with van der Waals surface area (Å²) < 4.78 is 5.47. The predicted octanol–water partition coefficient (Wildman–Crippen LogP) is 4.31. The number of rotatable bonds is 4. The van der Waals surface area contributed by atoms with Crippen molar-refractivity contribution in [1.29, 1.82) is 0 Å². The Balaban J connectivity index is 1.38. The van der Waals surface area contributed by atoms with Crippen LogP contribution in [-0.2, 0) is 9.59 Å². The third kappa shape index (κ3) is 2.60. The van der Waals surface area contributed by atoms with E-state index in [4.69, 9.17) is 4.74 Å². The Hall–Kier alpha value is -3.73. The van der Waals surface area contributed by atoms with E-state index in [9.17, 15) is 9.59 Å². The minimum Gasteiger partial charge on any atom is -0.494 e. The Morgan fingerprint density at radius 2 is 1.25 bits per heavy atom. The summed E-state index contributed by atoms with van der Waals surface area (Å²) in [6.07, 6.45) is 1.57. The van der Waals surface area contributed by atoms with Gasteiger partial charge in [0.25, 0.3) is 11.8 Å². The molecule has 5 heteroatoms. The molecule has 2 atom stereocenters. The third-order valence-electron chi connectivity index (χ3n) is 6.94. The van der Waals surface area contributed by atoms with Gasteiger partial charge in [-0.1, -0.05) is 48.5 Å². The number of nitrogens with zero attached hydrogens (tertiary/aromatic N) is 2. The Bertz CT molecular complexity index is 1150. The number of carbonyl (C=O) groups excluding carboxylic acids is 2. The van der Waals surface area contributed by atoms with Crippen LogP contribution >= 0.6 is 0 Å².